The second-order valence-electron chi connectivity index (χ2n) is 5.80. The molecular formula is C16H34O2. The largest absolute Gasteiger partial charge is 0.347 e. The highest BCUT2D eigenvalue weighted by Crippen LogP contribution is 2.30. The van der Waals surface area contributed by atoms with E-state index in [9.17, 15) is 0 Å². The topological polar surface area (TPSA) is 18.5 Å². The first-order valence-electron chi connectivity index (χ1n) is 7.81. The van der Waals surface area contributed by atoms with Crippen LogP contribution in [0.4, 0.5) is 0 Å². The van der Waals surface area contributed by atoms with Crippen LogP contribution in [0.25, 0.3) is 0 Å². The molecule has 0 aromatic rings. The van der Waals surface area contributed by atoms with Gasteiger partial charge in [0.05, 0.1) is 12.2 Å². The van der Waals surface area contributed by atoms with E-state index in [1.165, 1.54) is 25.7 Å². The average Bonchev–Trinajstić information content (AvgIpc) is 2.23. The molecule has 0 N–H and O–H groups in total. The zero-order chi connectivity index (χ0) is 14.0. The Hall–Kier alpha value is -0.0800. The van der Waals surface area contributed by atoms with Crippen LogP contribution in [-0.2, 0) is 9.47 Å². The van der Waals surface area contributed by atoms with Crippen molar-refractivity contribution in [3.63, 3.8) is 0 Å². The van der Waals surface area contributed by atoms with Crippen LogP contribution in [0.1, 0.15) is 86.5 Å². The van der Waals surface area contributed by atoms with Gasteiger partial charge in [0.2, 0.25) is 0 Å². The Morgan fingerprint density at radius 2 is 1.28 bits per heavy atom. The van der Waals surface area contributed by atoms with E-state index in [-0.39, 0.29) is 18.0 Å². The van der Waals surface area contributed by atoms with Crippen molar-refractivity contribution in [2.75, 3.05) is 0 Å². The summed E-state index contributed by atoms with van der Waals surface area (Å²) in [5.74, 6) is -0.356. The van der Waals surface area contributed by atoms with E-state index in [4.69, 9.17) is 9.47 Å². The molecule has 0 saturated heterocycles. The predicted octanol–water partition coefficient (Wildman–Crippen LogP) is 5.30. The normalized spacial score (nSPS) is 12.7. The van der Waals surface area contributed by atoms with Gasteiger partial charge in [-0.1, -0.05) is 39.5 Å². The number of unbranched alkanes of at least 4 members (excludes halogenated alkanes) is 3. The number of hydrogen-bond acceptors (Lipinski definition) is 2. The Labute approximate surface area is 114 Å². The van der Waals surface area contributed by atoms with Gasteiger partial charge in [0.25, 0.3) is 0 Å². The summed E-state index contributed by atoms with van der Waals surface area (Å²) in [6, 6.07) is 0. The van der Waals surface area contributed by atoms with Crippen LogP contribution >= 0.6 is 0 Å². The first-order chi connectivity index (χ1) is 8.45. The Balaban J connectivity index is 4.49. The van der Waals surface area contributed by atoms with Crippen molar-refractivity contribution >= 4 is 0 Å². The fraction of sp³-hybridized carbons (Fsp3) is 1.00. The molecule has 0 bridgehead atoms. The molecule has 0 rings (SSSR count). The van der Waals surface area contributed by atoms with Crippen LogP contribution in [0.3, 0.4) is 0 Å². The molecule has 0 atom stereocenters. The molecule has 0 fully saturated rings. The average molecular weight is 258 g/mol. The summed E-state index contributed by atoms with van der Waals surface area (Å²) in [4.78, 5) is 0. The predicted molar refractivity (Wildman–Crippen MR) is 78.8 cm³/mol. The smallest absolute Gasteiger partial charge is 0.168 e. The minimum absolute atomic E-state index is 0.224. The first kappa shape index (κ1) is 17.9. The fourth-order valence-corrected chi connectivity index (χ4v) is 2.45. The SMILES string of the molecule is CCCCCCC(CCC)(OC(C)C)OC(C)C. The monoisotopic (exact) mass is 258 g/mol. The van der Waals surface area contributed by atoms with Crippen molar-refractivity contribution < 1.29 is 9.47 Å². The van der Waals surface area contributed by atoms with Crippen LogP contribution in [-0.4, -0.2) is 18.0 Å². The third-order valence-electron chi connectivity index (χ3n) is 2.94. The highest BCUT2D eigenvalue weighted by Gasteiger charge is 2.32. The summed E-state index contributed by atoms with van der Waals surface area (Å²) in [5.41, 5.74) is 0. The lowest BCUT2D eigenvalue weighted by atomic mass is 10.0. The highest BCUT2D eigenvalue weighted by atomic mass is 16.7. The third kappa shape index (κ3) is 8.10. The van der Waals surface area contributed by atoms with Crippen molar-refractivity contribution in [1.82, 2.24) is 0 Å². The molecule has 0 radical (unpaired) electrons. The van der Waals surface area contributed by atoms with Crippen LogP contribution in [0.15, 0.2) is 0 Å². The lowest BCUT2D eigenvalue weighted by Gasteiger charge is -2.37. The molecule has 0 aromatic carbocycles. The van der Waals surface area contributed by atoms with E-state index < -0.39 is 0 Å². The van der Waals surface area contributed by atoms with E-state index in [0.29, 0.717) is 0 Å². The third-order valence-corrected chi connectivity index (χ3v) is 2.94. The molecule has 2 heteroatoms. The van der Waals surface area contributed by atoms with Crippen LogP contribution in [0.2, 0.25) is 0 Å². The fourth-order valence-electron chi connectivity index (χ4n) is 2.45. The second kappa shape index (κ2) is 9.80. The Morgan fingerprint density at radius 3 is 1.67 bits per heavy atom. The van der Waals surface area contributed by atoms with Gasteiger partial charge in [-0.3, -0.25) is 0 Å². The van der Waals surface area contributed by atoms with Gasteiger partial charge in [-0.2, -0.15) is 0 Å². The van der Waals surface area contributed by atoms with Gasteiger partial charge in [-0.15, -0.1) is 0 Å². The summed E-state index contributed by atoms with van der Waals surface area (Å²) in [6.45, 7) is 12.8. The van der Waals surface area contributed by atoms with Gasteiger partial charge in [0.15, 0.2) is 5.79 Å². The van der Waals surface area contributed by atoms with Gasteiger partial charge in [0, 0.05) is 12.8 Å². The molecule has 0 aliphatic carbocycles. The van der Waals surface area contributed by atoms with Crippen molar-refractivity contribution in [3.05, 3.63) is 0 Å². The van der Waals surface area contributed by atoms with E-state index in [1.807, 2.05) is 0 Å². The lowest BCUT2D eigenvalue weighted by Crippen LogP contribution is -2.40. The van der Waals surface area contributed by atoms with Gasteiger partial charge >= 0.3 is 0 Å². The summed E-state index contributed by atoms with van der Waals surface area (Å²) < 4.78 is 12.3. The first-order valence-corrected chi connectivity index (χ1v) is 7.81. The van der Waals surface area contributed by atoms with E-state index in [2.05, 4.69) is 41.5 Å². The second-order valence-corrected chi connectivity index (χ2v) is 5.80. The van der Waals surface area contributed by atoms with Crippen molar-refractivity contribution in [2.45, 2.75) is 104 Å². The summed E-state index contributed by atoms with van der Waals surface area (Å²) in [6.07, 6.45) is 8.64. The summed E-state index contributed by atoms with van der Waals surface area (Å²) in [5, 5.41) is 0. The lowest BCUT2D eigenvalue weighted by molar-refractivity contribution is -0.276. The molecule has 0 saturated carbocycles. The molecule has 0 heterocycles. The van der Waals surface area contributed by atoms with Gasteiger partial charge in [-0.05, 0) is 34.1 Å². The number of rotatable bonds is 11. The molecule has 0 aliphatic rings. The van der Waals surface area contributed by atoms with Crippen molar-refractivity contribution in [2.24, 2.45) is 0 Å². The molecule has 2 nitrogen and oxygen atoms in total. The molecule has 0 unspecified atom stereocenters. The summed E-state index contributed by atoms with van der Waals surface area (Å²) in [7, 11) is 0. The van der Waals surface area contributed by atoms with E-state index in [1.54, 1.807) is 0 Å². The molecule has 0 amide bonds. The molecule has 18 heavy (non-hydrogen) atoms. The molecule has 0 spiro atoms. The number of ether oxygens (including phenoxy) is 2. The molecule has 0 aromatic heterocycles. The van der Waals surface area contributed by atoms with Gasteiger partial charge < -0.3 is 9.47 Å². The minimum atomic E-state index is -0.356. The zero-order valence-electron chi connectivity index (χ0n) is 13.4. The highest BCUT2D eigenvalue weighted by molar-refractivity contribution is 4.72. The van der Waals surface area contributed by atoms with Crippen molar-refractivity contribution in [1.29, 1.82) is 0 Å². The van der Waals surface area contributed by atoms with E-state index >= 15 is 0 Å². The quantitative estimate of drug-likeness (QED) is 0.369. The van der Waals surface area contributed by atoms with Gasteiger partial charge in [-0.25, -0.2) is 0 Å². The van der Waals surface area contributed by atoms with Crippen LogP contribution in [0, 0.1) is 0 Å². The minimum Gasteiger partial charge on any atom is -0.347 e. The number of hydrogen-bond donors (Lipinski definition) is 0. The Bertz CT molecular complexity index is 178. The molecule has 0 aliphatic heterocycles. The zero-order valence-corrected chi connectivity index (χ0v) is 13.4. The summed E-state index contributed by atoms with van der Waals surface area (Å²) >= 11 is 0. The molecule has 110 valence electrons. The molecular weight excluding hydrogens is 224 g/mol. The maximum absolute atomic E-state index is 6.15. The van der Waals surface area contributed by atoms with Crippen molar-refractivity contribution in [3.8, 4) is 0 Å². The maximum Gasteiger partial charge on any atom is 0.168 e. The standard InChI is InChI=1S/C16H34O2/c1-7-9-10-11-13-16(12-8-2,17-14(3)4)18-15(5)6/h14-15H,7-13H2,1-6H3. The Kier molecular flexibility index (Phi) is 9.76. The van der Waals surface area contributed by atoms with E-state index in [0.717, 1.165) is 19.3 Å². The van der Waals surface area contributed by atoms with Crippen LogP contribution < -0.4 is 0 Å². The Morgan fingerprint density at radius 1 is 0.722 bits per heavy atom. The maximum atomic E-state index is 6.15. The van der Waals surface area contributed by atoms with Crippen LogP contribution in [0.5, 0.6) is 0 Å². The van der Waals surface area contributed by atoms with Gasteiger partial charge in [0.1, 0.15) is 0 Å².